The van der Waals surface area contributed by atoms with Crippen LogP contribution in [0.1, 0.15) is 36.5 Å². The third-order valence-electron chi connectivity index (χ3n) is 4.47. The van der Waals surface area contributed by atoms with Crippen molar-refractivity contribution in [1.29, 1.82) is 0 Å². The van der Waals surface area contributed by atoms with Crippen molar-refractivity contribution < 1.29 is 0 Å². The molecule has 0 fully saturated rings. The van der Waals surface area contributed by atoms with Crippen LogP contribution in [0.15, 0.2) is 54.6 Å². The average Bonchev–Trinajstić information content (AvgIpc) is 2.45. The zero-order valence-corrected chi connectivity index (χ0v) is 12.4. The molecule has 1 aliphatic rings. The van der Waals surface area contributed by atoms with E-state index in [-0.39, 0.29) is 5.41 Å². The van der Waals surface area contributed by atoms with E-state index in [0.717, 1.165) is 13.1 Å². The number of hydrogen-bond acceptors (Lipinski definition) is 1. The highest BCUT2D eigenvalue weighted by atomic mass is 14.9. The summed E-state index contributed by atoms with van der Waals surface area (Å²) >= 11 is 0. The Kier molecular flexibility index (Phi) is 3.62. The Morgan fingerprint density at radius 3 is 2.45 bits per heavy atom. The van der Waals surface area contributed by atoms with Gasteiger partial charge < -0.3 is 5.32 Å². The van der Waals surface area contributed by atoms with Crippen LogP contribution >= 0.6 is 0 Å². The van der Waals surface area contributed by atoms with Crippen LogP contribution < -0.4 is 5.32 Å². The summed E-state index contributed by atoms with van der Waals surface area (Å²) in [5.41, 5.74) is 4.66. The number of hydrogen-bond donors (Lipinski definition) is 1. The Morgan fingerprint density at radius 2 is 1.70 bits per heavy atom. The van der Waals surface area contributed by atoms with E-state index in [4.69, 9.17) is 0 Å². The Morgan fingerprint density at radius 1 is 1.00 bits per heavy atom. The summed E-state index contributed by atoms with van der Waals surface area (Å²) < 4.78 is 0. The predicted octanol–water partition coefficient (Wildman–Crippen LogP) is 3.89. The molecule has 0 saturated heterocycles. The van der Waals surface area contributed by atoms with Crippen LogP contribution in [0.2, 0.25) is 0 Å². The molecule has 0 saturated carbocycles. The van der Waals surface area contributed by atoms with Crippen molar-refractivity contribution in [2.75, 3.05) is 13.1 Å². The number of benzene rings is 2. The third-order valence-corrected chi connectivity index (χ3v) is 4.47. The van der Waals surface area contributed by atoms with Gasteiger partial charge in [-0.15, -0.1) is 0 Å². The minimum Gasteiger partial charge on any atom is -0.315 e. The summed E-state index contributed by atoms with van der Waals surface area (Å²) in [5, 5.41) is 3.67. The molecule has 2 aromatic carbocycles. The van der Waals surface area contributed by atoms with Gasteiger partial charge in [0.05, 0.1) is 0 Å². The van der Waals surface area contributed by atoms with E-state index < -0.39 is 0 Å². The molecular weight excluding hydrogens is 242 g/mol. The van der Waals surface area contributed by atoms with Crippen LogP contribution in [-0.2, 0) is 11.8 Å². The first-order chi connectivity index (χ1) is 9.67. The van der Waals surface area contributed by atoms with Gasteiger partial charge >= 0.3 is 0 Å². The van der Waals surface area contributed by atoms with Gasteiger partial charge in [0.2, 0.25) is 0 Å². The summed E-state index contributed by atoms with van der Waals surface area (Å²) in [6.45, 7) is 6.73. The fourth-order valence-corrected chi connectivity index (χ4v) is 3.10. The molecule has 1 aliphatic carbocycles. The molecule has 0 spiro atoms. The number of rotatable bonds is 5. The highest BCUT2D eigenvalue weighted by Gasteiger charge is 2.26. The monoisotopic (exact) mass is 265 g/mol. The van der Waals surface area contributed by atoms with Crippen LogP contribution in [0.25, 0.3) is 0 Å². The van der Waals surface area contributed by atoms with Gasteiger partial charge in [0.25, 0.3) is 0 Å². The molecular formula is C19H23N. The molecule has 1 nitrogen and oxygen atoms in total. The maximum atomic E-state index is 3.67. The zero-order chi connectivity index (χ0) is 14.0. The standard InChI is InChI=1S/C19H23N/c1-19(2,17-9-4-3-5-10-17)14-20-13-16-12-15-8-6-7-11-18(15)16/h3-11,16,20H,12-14H2,1-2H3. The van der Waals surface area contributed by atoms with Crippen molar-refractivity contribution in [3.8, 4) is 0 Å². The van der Waals surface area contributed by atoms with E-state index in [2.05, 4.69) is 73.8 Å². The Hall–Kier alpha value is -1.60. The Bertz CT molecular complexity index is 571. The lowest BCUT2D eigenvalue weighted by atomic mass is 9.77. The minimum atomic E-state index is 0.185. The molecule has 104 valence electrons. The van der Waals surface area contributed by atoms with E-state index in [0.29, 0.717) is 5.92 Å². The molecule has 1 unspecified atom stereocenters. The summed E-state index contributed by atoms with van der Waals surface area (Å²) in [7, 11) is 0. The average molecular weight is 265 g/mol. The van der Waals surface area contributed by atoms with Gasteiger partial charge in [0.15, 0.2) is 0 Å². The fraction of sp³-hybridized carbons (Fsp3) is 0.368. The highest BCUT2D eigenvalue weighted by molar-refractivity contribution is 5.40. The van der Waals surface area contributed by atoms with Crippen molar-refractivity contribution in [3.05, 3.63) is 71.3 Å². The molecule has 0 heterocycles. The Balaban J connectivity index is 1.54. The summed E-state index contributed by atoms with van der Waals surface area (Å²) in [6.07, 6.45) is 1.23. The van der Waals surface area contributed by atoms with Gasteiger partial charge in [0, 0.05) is 24.4 Å². The molecule has 0 aliphatic heterocycles. The van der Waals surface area contributed by atoms with Crippen LogP contribution in [-0.4, -0.2) is 13.1 Å². The molecule has 2 aromatic rings. The van der Waals surface area contributed by atoms with Crippen LogP contribution in [0.3, 0.4) is 0 Å². The normalized spacial score (nSPS) is 17.4. The molecule has 0 aromatic heterocycles. The van der Waals surface area contributed by atoms with Gasteiger partial charge in [-0.1, -0.05) is 68.4 Å². The van der Waals surface area contributed by atoms with Crippen molar-refractivity contribution >= 4 is 0 Å². The second kappa shape index (κ2) is 5.41. The smallest absolute Gasteiger partial charge is 0.00434 e. The van der Waals surface area contributed by atoms with E-state index >= 15 is 0 Å². The van der Waals surface area contributed by atoms with Gasteiger partial charge in [-0.3, -0.25) is 0 Å². The molecule has 1 heteroatoms. The first kappa shape index (κ1) is 13.4. The van der Waals surface area contributed by atoms with Crippen LogP contribution in [0.5, 0.6) is 0 Å². The topological polar surface area (TPSA) is 12.0 Å². The maximum absolute atomic E-state index is 3.67. The summed E-state index contributed by atoms with van der Waals surface area (Å²) in [6, 6.07) is 19.6. The van der Waals surface area contributed by atoms with Crippen molar-refractivity contribution in [3.63, 3.8) is 0 Å². The molecule has 0 amide bonds. The Labute approximate surface area is 122 Å². The van der Waals surface area contributed by atoms with Gasteiger partial charge in [0.1, 0.15) is 0 Å². The minimum absolute atomic E-state index is 0.185. The lowest BCUT2D eigenvalue weighted by Gasteiger charge is -2.32. The third kappa shape index (κ3) is 2.64. The van der Waals surface area contributed by atoms with E-state index in [1.165, 1.54) is 23.1 Å². The van der Waals surface area contributed by atoms with Crippen molar-refractivity contribution in [1.82, 2.24) is 5.32 Å². The number of nitrogens with one attached hydrogen (secondary N) is 1. The van der Waals surface area contributed by atoms with E-state index in [1.54, 1.807) is 0 Å². The second-order valence-electron chi connectivity index (χ2n) is 6.48. The number of fused-ring (bicyclic) bond motifs is 1. The van der Waals surface area contributed by atoms with Gasteiger partial charge in [-0.25, -0.2) is 0 Å². The SMILES string of the molecule is CC(C)(CNCC1Cc2ccccc21)c1ccccc1. The van der Waals surface area contributed by atoms with E-state index in [9.17, 15) is 0 Å². The summed E-state index contributed by atoms with van der Waals surface area (Å²) in [4.78, 5) is 0. The molecule has 0 radical (unpaired) electrons. The largest absolute Gasteiger partial charge is 0.315 e. The van der Waals surface area contributed by atoms with Crippen molar-refractivity contribution in [2.24, 2.45) is 0 Å². The zero-order valence-electron chi connectivity index (χ0n) is 12.4. The van der Waals surface area contributed by atoms with Crippen LogP contribution in [0, 0.1) is 0 Å². The summed E-state index contributed by atoms with van der Waals surface area (Å²) in [5.74, 6) is 0.706. The van der Waals surface area contributed by atoms with Crippen molar-refractivity contribution in [2.45, 2.75) is 31.6 Å². The highest BCUT2D eigenvalue weighted by Crippen LogP contribution is 2.34. The fourth-order valence-electron chi connectivity index (χ4n) is 3.10. The molecule has 3 rings (SSSR count). The molecule has 0 bridgehead atoms. The molecule has 1 N–H and O–H groups in total. The second-order valence-corrected chi connectivity index (χ2v) is 6.48. The first-order valence-corrected chi connectivity index (χ1v) is 7.51. The van der Waals surface area contributed by atoms with E-state index in [1.807, 2.05) is 0 Å². The molecule has 1 atom stereocenters. The first-order valence-electron chi connectivity index (χ1n) is 7.51. The van der Waals surface area contributed by atoms with Gasteiger partial charge in [-0.05, 0) is 23.1 Å². The predicted molar refractivity (Wildman–Crippen MR) is 85.2 cm³/mol. The van der Waals surface area contributed by atoms with Crippen LogP contribution in [0.4, 0.5) is 0 Å². The van der Waals surface area contributed by atoms with Gasteiger partial charge in [-0.2, -0.15) is 0 Å². The quantitative estimate of drug-likeness (QED) is 0.864. The lowest BCUT2D eigenvalue weighted by Crippen LogP contribution is -2.37. The molecule has 20 heavy (non-hydrogen) atoms. The maximum Gasteiger partial charge on any atom is 0.00434 e. The lowest BCUT2D eigenvalue weighted by molar-refractivity contribution is 0.441.